The van der Waals surface area contributed by atoms with Crippen molar-refractivity contribution in [2.24, 2.45) is 11.8 Å². The van der Waals surface area contributed by atoms with Crippen LogP contribution in [0.15, 0.2) is 0 Å². The van der Waals surface area contributed by atoms with Gasteiger partial charge in [-0.3, -0.25) is 0 Å². The van der Waals surface area contributed by atoms with Crippen molar-refractivity contribution in [3.63, 3.8) is 0 Å². The number of rotatable bonds is 0. The largest absolute Gasteiger partial charge is 0.358 e. The van der Waals surface area contributed by atoms with E-state index in [9.17, 15) is 0 Å². The predicted molar refractivity (Wildman–Crippen MR) is 72.3 cm³/mol. The molecule has 0 unspecified atom stereocenters. The minimum Gasteiger partial charge on any atom is -0.358 e. The Morgan fingerprint density at radius 1 is 0.270 bits per heavy atom. The van der Waals surface area contributed by atoms with Crippen molar-refractivity contribution in [3.05, 3.63) is 14.9 Å². The molecular weight excluding hydrogens is 2210 g/mol. The first-order valence-corrected chi connectivity index (χ1v) is 5.80. The van der Waals surface area contributed by atoms with Gasteiger partial charge in [0.05, 0.1) is 0 Å². The molecule has 0 aromatic heterocycles. The second-order valence-electron chi connectivity index (χ2n) is 3.24. The van der Waals surface area contributed by atoms with Crippen molar-refractivity contribution in [2.45, 2.75) is 67.2 Å². The van der Waals surface area contributed by atoms with Crippen molar-refractivity contribution < 1.29 is 752 Å². The Morgan fingerprint density at radius 3 is 0.405 bits per heavy atom. The number of hydrogen-bond acceptors (Lipinski definition) is 0. The van der Waals surface area contributed by atoms with Gasteiger partial charge in [0.25, 0.3) is 0 Å². The van der Waals surface area contributed by atoms with Gasteiger partial charge in [-0.15, -0.1) is 0 Å². The summed E-state index contributed by atoms with van der Waals surface area (Å²) in [5.74, 6) is 2.01. The molecular formula is C14H34Y23-2. The van der Waals surface area contributed by atoms with Crippen LogP contribution in [0.2, 0.25) is 0 Å². The fourth-order valence-electron chi connectivity index (χ4n) is 1.50. The van der Waals surface area contributed by atoms with Crippen LogP contribution in [0, 0.1) is 26.7 Å². The summed E-state index contributed by atoms with van der Waals surface area (Å²) in [6.45, 7) is 12.8. The van der Waals surface area contributed by atoms with Gasteiger partial charge in [-0.05, 0) is 11.8 Å². The maximum absolute atomic E-state index is 2.38. The van der Waals surface area contributed by atoms with E-state index in [-0.39, 0.29) is 767 Å². The summed E-state index contributed by atoms with van der Waals surface area (Å²) < 4.78 is 0. The molecule has 0 amide bonds. The average Bonchev–Trinajstić information content (AvgIpc) is 2.17. The van der Waals surface area contributed by atoms with E-state index < -0.39 is 0 Å². The molecule has 23 heteroatoms. The van der Waals surface area contributed by atoms with E-state index in [1.54, 1.807) is 0 Å². The van der Waals surface area contributed by atoms with Crippen LogP contribution in [0.3, 0.4) is 0 Å². The normalized spacial score (nSPS) is 8.92. The van der Waals surface area contributed by atoms with Gasteiger partial charge in [-0.25, -0.2) is 0 Å². The molecule has 161 valence electrons. The van der Waals surface area contributed by atoms with Crippen LogP contribution in [-0.2, 0) is 752 Å². The molecule has 1 aliphatic carbocycles. The van der Waals surface area contributed by atoms with Gasteiger partial charge >= 0.3 is 0 Å². The summed E-state index contributed by atoms with van der Waals surface area (Å²) in [7, 11) is 0. The molecule has 37 heavy (non-hydrogen) atoms. The van der Waals surface area contributed by atoms with E-state index in [1.807, 2.05) is 27.7 Å². The van der Waals surface area contributed by atoms with E-state index in [4.69, 9.17) is 0 Å². The Bertz CT molecular complexity index is 91.8. The monoisotopic (exact) mass is 2250 g/mol. The smallest absolute Gasteiger partial charge is 0 e. The predicted octanol–water partition coefficient (Wildman–Crippen LogP) is 5.73. The summed E-state index contributed by atoms with van der Waals surface area (Å²) in [4.78, 5) is 0. The first-order chi connectivity index (χ1) is 5.80. The Hall–Kier alpha value is 25.4. The topological polar surface area (TPSA) is 0 Å². The van der Waals surface area contributed by atoms with Crippen LogP contribution < -0.4 is 0 Å². The van der Waals surface area contributed by atoms with Crippen LogP contribution >= 0.6 is 0 Å². The fourth-order valence-corrected chi connectivity index (χ4v) is 1.50. The molecule has 0 aromatic carbocycles. The molecule has 0 nitrogen and oxygen atoms in total. The molecule has 1 aliphatic rings. The molecule has 23 radical (unpaired) electrons. The zero-order valence-electron chi connectivity index (χ0n) is 25.3. The molecule has 0 saturated heterocycles. The summed E-state index contributed by atoms with van der Waals surface area (Å²) >= 11 is 0. The summed E-state index contributed by atoms with van der Waals surface area (Å²) in [6, 6.07) is 0. The molecule has 0 bridgehead atoms. The third-order valence-corrected chi connectivity index (χ3v) is 2.54. The quantitative estimate of drug-likeness (QED) is 0.273. The molecule has 1 rings (SSSR count). The standard InChI is InChI=1S/C8H16.2C2H6.2CH3.23Y/c1-7-5-3-4-6-8(7)2;2*1-2;;;;;;;;;;;;;;;;;;;;;;;;;/h7-8H,3-6H2,1-2H3;2*1-2H3;2*1H3;;;;;;;;;;;;;;;;;;;;;;;/q;;;2*-1;;;;;;;;;;;;;;;;;;;;;;;/t7-,8-;;;;;;;;;;;;;;;;;;;;;;;;;;;/m1.........................../s1. The zero-order valence-corrected chi connectivity index (χ0v) is 90.5. The van der Waals surface area contributed by atoms with Crippen LogP contribution in [0.4, 0.5) is 0 Å². The third-order valence-electron chi connectivity index (χ3n) is 2.54. The SMILES string of the molecule is CC.CC.C[C@@H]1CCCC[C@H]1C.[CH3-].[CH3-].[Y].[Y].[Y].[Y].[Y].[Y].[Y].[Y].[Y].[Y].[Y].[Y].[Y].[Y].[Y].[Y].[Y].[Y].[Y].[Y].[Y].[Y].[Y]. The summed E-state index contributed by atoms with van der Waals surface area (Å²) in [5.41, 5.74) is 0. The summed E-state index contributed by atoms with van der Waals surface area (Å²) in [5, 5.41) is 0. The molecule has 0 aliphatic heterocycles. The zero-order chi connectivity index (χ0) is 9.98. The molecule has 0 aromatic rings. The average molecular weight is 2250 g/mol. The van der Waals surface area contributed by atoms with Crippen molar-refractivity contribution in [2.75, 3.05) is 0 Å². The molecule has 2 atom stereocenters. The van der Waals surface area contributed by atoms with Gasteiger partial charge in [0.1, 0.15) is 0 Å². The minimum absolute atomic E-state index is 0. The van der Waals surface area contributed by atoms with E-state index in [0.717, 1.165) is 11.8 Å². The molecule has 0 heterocycles. The van der Waals surface area contributed by atoms with Gasteiger partial charge in [0.15, 0.2) is 0 Å². The van der Waals surface area contributed by atoms with E-state index in [2.05, 4.69) is 13.8 Å². The van der Waals surface area contributed by atoms with Gasteiger partial charge in [-0.2, -0.15) is 0 Å². The Labute approximate surface area is 816 Å². The first kappa shape index (κ1) is 188. The van der Waals surface area contributed by atoms with Crippen LogP contribution in [0.5, 0.6) is 0 Å². The van der Waals surface area contributed by atoms with Gasteiger partial charge < -0.3 is 14.9 Å². The fraction of sp³-hybridized carbons (Fsp3) is 0.857. The maximum atomic E-state index is 2.38. The van der Waals surface area contributed by atoms with E-state index in [0.29, 0.717) is 0 Å². The van der Waals surface area contributed by atoms with E-state index >= 15 is 0 Å². The first-order valence-electron chi connectivity index (χ1n) is 5.80. The Morgan fingerprint density at radius 2 is 0.351 bits per heavy atom. The minimum atomic E-state index is 0. The van der Waals surface area contributed by atoms with Crippen molar-refractivity contribution in [1.29, 1.82) is 0 Å². The van der Waals surface area contributed by atoms with Crippen LogP contribution in [0.1, 0.15) is 67.2 Å². The van der Waals surface area contributed by atoms with Crippen molar-refractivity contribution in [3.8, 4) is 0 Å². The van der Waals surface area contributed by atoms with Gasteiger partial charge in [0, 0.05) is 752 Å². The second-order valence-corrected chi connectivity index (χ2v) is 3.24. The Kier molecular flexibility index (Phi) is 907. The van der Waals surface area contributed by atoms with Crippen LogP contribution in [0.25, 0.3) is 0 Å². The van der Waals surface area contributed by atoms with Crippen LogP contribution in [-0.4, -0.2) is 0 Å². The Balaban J connectivity index is -0.00000000133. The van der Waals surface area contributed by atoms with Gasteiger partial charge in [0.2, 0.25) is 0 Å². The third kappa shape index (κ3) is 164. The van der Waals surface area contributed by atoms with Gasteiger partial charge in [-0.1, -0.05) is 67.2 Å². The molecule has 1 fully saturated rings. The second kappa shape index (κ2) is 179. The molecule has 0 spiro atoms. The summed E-state index contributed by atoms with van der Waals surface area (Å²) in [6.07, 6.45) is 5.90. The van der Waals surface area contributed by atoms with Crippen molar-refractivity contribution >= 4 is 0 Å². The molecule has 0 N–H and O–H groups in total. The maximum Gasteiger partial charge on any atom is 0 e. The number of hydrogen-bond donors (Lipinski definition) is 0. The van der Waals surface area contributed by atoms with Crippen molar-refractivity contribution in [1.82, 2.24) is 0 Å². The van der Waals surface area contributed by atoms with E-state index in [1.165, 1.54) is 25.7 Å². The molecule has 1 saturated carbocycles.